The van der Waals surface area contributed by atoms with Gasteiger partial charge in [-0.3, -0.25) is 0 Å². The number of hydrogen-bond donors (Lipinski definition) is 1. The zero-order chi connectivity index (χ0) is 7.61. The fraction of sp³-hybridized carbons (Fsp3) is 1.00. The molecule has 1 rings (SSSR count). The minimum Gasteiger partial charge on any atom is -0.314 e. The zero-order valence-electron chi connectivity index (χ0n) is 7.68. The van der Waals surface area contributed by atoms with Crippen molar-refractivity contribution in [2.24, 2.45) is 0 Å². The first-order valence-electron chi connectivity index (χ1n) is 4.06. The highest BCUT2D eigenvalue weighted by Gasteiger charge is 2.01. The van der Waals surface area contributed by atoms with Crippen molar-refractivity contribution < 1.29 is 4.11 Å². The molecule has 1 saturated heterocycles. The van der Waals surface area contributed by atoms with Crippen molar-refractivity contribution in [1.82, 2.24) is 10.2 Å². The predicted molar refractivity (Wildman–Crippen MR) is 37.6 cm³/mol. The lowest BCUT2D eigenvalue weighted by molar-refractivity contribution is 0.291. The first kappa shape index (κ1) is 4.09. The maximum absolute atomic E-state index is 7.06. The van der Waals surface area contributed by atoms with Gasteiger partial charge in [0.05, 0.1) is 0 Å². The highest BCUT2D eigenvalue weighted by Crippen LogP contribution is 1.82. The molecule has 0 saturated carbocycles. The van der Waals surface area contributed by atoms with E-state index in [1.54, 1.807) is 0 Å². The number of hydrogen-bond acceptors (Lipinski definition) is 2. The monoisotopic (exact) mass is 139 g/mol. The summed E-state index contributed by atoms with van der Waals surface area (Å²) in [6.45, 7) is 0.964. The molecule has 0 unspecified atom stereocenters. The average Bonchev–Trinajstić information content (AvgIpc) is 1.88. The van der Waals surface area contributed by atoms with Crippen LogP contribution in [0, 0.1) is 0 Å². The first-order chi connectivity index (χ1) is 4.61. The van der Waals surface area contributed by atoms with E-state index in [1.807, 2.05) is 0 Å². The predicted octanol–water partition coefficient (Wildman–Crippen LogP) is -0.0568. The van der Waals surface area contributed by atoms with E-state index in [2.05, 4.69) is 5.32 Å². The van der Waals surface area contributed by atoms with Crippen LogP contribution in [-0.2, 0) is 0 Å². The Morgan fingerprint density at radius 1 is 1.50 bits per heavy atom. The van der Waals surface area contributed by atoms with Crippen molar-refractivity contribution in [2.75, 3.05) is 33.2 Å². The summed E-state index contributed by atoms with van der Waals surface area (Å²) in [7, 11) is 0. The van der Waals surface area contributed by atoms with Crippen molar-refractivity contribution in [2.45, 2.75) is 0 Å². The summed E-state index contributed by atoms with van der Waals surface area (Å²) >= 11 is 0. The largest absolute Gasteiger partial charge is 0.314 e. The number of rotatable bonds is 0. The molecule has 1 heterocycles. The minimum absolute atomic E-state index is 0. The Hall–Kier alpha value is 0.210. The Kier molecular flexibility index (Phi) is 2.11. The summed E-state index contributed by atoms with van der Waals surface area (Å²) in [5, 5.41) is 3.10. The van der Waals surface area contributed by atoms with Crippen LogP contribution in [0.4, 0.5) is 0 Å². The van der Waals surface area contributed by atoms with Crippen molar-refractivity contribution >= 4 is 12.4 Å². The first-order valence-corrected chi connectivity index (χ1v) is 2.56. The van der Waals surface area contributed by atoms with Crippen molar-refractivity contribution in [3.63, 3.8) is 0 Å². The Labute approximate surface area is 60.9 Å². The van der Waals surface area contributed by atoms with Gasteiger partial charge in [0.2, 0.25) is 0 Å². The molecule has 1 N–H and O–H groups in total. The van der Waals surface area contributed by atoms with Crippen LogP contribution >= 0.6 is 12.4 Å². The lowest BCUT2D eigenvalue weighted by Crippen LogP contribution is -2.40. The maximum Gasteiger partial charge on any atom is 0.0394 e. The second-order valence-electron chi connectivity index (χ2n) is 1.74. The van der Waals surface area contributed by atoms with E-state index in [-0.39, 0.29) is 12.4 Å². The molecule has 3 heteroatoms. The van der Waals surface area contributed by atoms with Crippen LogP contribution in [0.25, 0.3) is 0 Å². The summed E-state index contributed by atoms with van der Waals surface area (Å²) in [5.74, 6) is 0. The second kappa shape index (κ2) is 4.13. The van der Waals surface area contributed by atoms with Crippen molar-refractivity contribution in [3.8, 4) is 0 Å². The molecule has 0 radical (unpaired) electrons. The van der Waals surface area contributed by atoms with Crippen LogP contribution in [-0.4, -0.2) is 38.1 Å². The van der Waals surface area contributed by atoms with Crippen LogP contribution < -0.4 is 5.32 Å². The van der Waals surface area contributed by atoms with E-state index in [0.29, 0.717) is 13.1 Å². The third-order valence-corrected chi connectivity index (χ3v) is 1.12. The topological polar surface area (TPSA) is 15.3 Å². The van der Waals surface area contributed by atoms with Gasteiger partial charge in [0.15, 0.2) is 0 Å². The highest BCUT2D eigenvalue weighted by atomic mass is 35.5. The quantitative estimate of drug-likeness (QED) is 0.506. The van der Waals surface area contributed by atoms with E-state index in [1.165, 1.54) is 4.90 Å². The number of nitrogens with zero attached hydrogens (tertiary/aromatic N) is 1. The van der Waals surface area contributed by atoms with Gasteiger partial charge in [0.25, 0.3) is 0 Å². The van der Waals surface area contributed by atoms with Crippen molar-refractivity contribution in [3.05, 3.63) is 0 Å². The molecule has 0 atom stereocenters. The van der Waals surface area contributed by atoms with E-state index in [9.17, 15) is 0 Å². The van der Waals surface area contributed by atoms with Gasteiger partial charge in [-0.05, 0) is 6.98 Å². The van der Waals surface area contributed by atoms with Crippen LogP contribution in [0.1, 0.15) is 4.11 Å². The summed E-state index contributed by atoms with van der Waals surface area (Å²) in [4.78, 5) is 1.52. The smallest absolute Gasteiger partial charge is 0.0394 e. The molecule has 0 aromatic rings. The summed E-state index contributed by atoms with van der Waals surface area (Å²) in [5.41, 5.74) is 0. The molecule has 0 aromatic carbocycles. The molecule has 0 aliphatic carbocycles. The highest BCUT2D eigenvalue weighted by molar-refractivity contribution is 5.85. The zero-order valence-corrected chi connectivity index (χ0v) is 5.50. The molecule has 8 heavy (non-hydrogen) atoms. The molecule has 1 fully saturated rings. The molecule has 1 aliphatic heterocycles. The van der Waals surface area contributed by atoms with Crippen LogP contribution in [0.3, 0.4) is 0 Å². The van der Waals surface area contributed by atoms with Gasteiger partial charge in [-0.25, -0.2) is 0 Å². The molecule has 2 nitrogen and oxygen atoms in total. The number of piperazine rings is 1. The third kappa shape index (κ3) is 2.50. The number of likely N-dealkylation sites (N-methyl/N-ethyl adjacent to an activating group) is 1. The molecule has 0 amide bonds. The fourth-order valence-corrected chi connectivity index (χ4v) is 0.665. The third-order valence-electron chi connectivity index (χ3n) is 1.12. The van der Waals surface area contributed by atoms with Gasteiger partial charge in [-0.1, -0.05) is 0 Å². The van der Waals surface area contributed by atoms with Crippen molar-refractivity contribution in [1.29, 1.82) is 0 Å². The maximum atomic E-state index is 7.06. The van der Waals surface area contributed by atoms with Gasteiger partial charge in [-0.2, -0.15) is 0 Å². The fourth-order valence-electron chi connectivity index (χ4n) is 0.665. The van der Waals surface area contributed by atoms with Gasteiger partial charge in [-0.15, -0.1) is 12.4 Å². The van der Waals surface area contributed by atoms with E-state index in [4.69, 9.17) is 4.11 Å². The van der Waals surface area contributed by atoms with Crippen LogP contribution in [0.2, 0.25) is 0 Å². The number of halogens is 1. The van der Waals surface area contributed by atoms with Crippen LogP contribution in [0.5, 0.6) is 0 Å². The number of nitrogens with one attached hydrogen (secondary N) is 1. The lowest BCUT2D eigenvalue weighted by atomic mass is 10.4. The summed E-state index contributed by atoms with van der Waals surface area (Å²) in [6, 6.07) is 0. The Morgan fingerprint density at radius 2 is 2.12 bits per heavy atom. The summed E-state index contributed by atoms with van der Waals surface area (Å²) < 4.78 is 21.2. The molecule has 50 valence electrons. The molecular weight excluding hydrogens is 124 g/mol. The second-order valence-corrected chi connectivity index (χ2v) is 1.74. The Bertz CT molecular complexity index is 111. The van der Waals surface area contributed by atoms with E-state index < -0.39 is 6.98 Å². The average molecular weight is 140 g/mol. The standard InChI is InChI=1S/C5H12N2.ClH/c1-7-4-2-6-3-5-7;/h6H,2-5H2,1H3;1H/i1D3;. The van der Waals surface area contributed by atoms with Crippen LogP contribution in [0.15, 0.2) is 0 Å². The minimum atomic E-state index is -1.89. The molecular formula is C5H13ClN2. The Morgan fingerprint density at radius 3 is 2.50 bits per heavy atom. The van der Waals surface area contributed by atoms with Gasteiger partial charge < -0.3 is 10.2 Å². The normalized spacial score (nSPS) is 29.2. The SMILES string of the molecule is Cl.[2H]C([2H])([2H])N1CCNCC1. The lowest BCUT2D eigenvalue weighted by Gasteiger charge is -2.21. The van der Waals surface area contributed by atoms with Gasteiger partial charge in [0.1, 0.15) is 0 Å². The van der Waals surface area contributed by atoms with E-state index in [0.717, 1.165) is 13.1 Å². The molecule has 0 aromatic heterocycles. The molecule has 0 spiro atoms. The van der Waals surface area contributed by atoms with Gasteiger partial charge >= 0.3 is 0 Å². The van der Waals surface area contributed by atoms with Gasteiger partial charge in [0, 0.05) is 30.3 Å². The molecule has 0 bridgehead atoms. The summed E-state index contributed by atoms with van der Waals surface area (Å²) in [6.07, 6.45) is 0. The van der Waals surface area contributed by atoms with E-state index >= 15 is 0 Å². The Balaban J connectivity index is 0.000001000. The molecule has 1 aliphatic rings.